The van der Waals surface area contributed by atoms with Gasteiger partial charge in [0.05, 0.1) is 17.7 Å². The van der Waals surface area contributed by atoms with Crippen LogP contribution in [0.2, 0.25) is 0 Å². The normalized spacial score (nSPS) is 17.5. The standard InChI is InChI=1S/C18H21N3O4S/c1-13(8-9-14-5-4-12-25-14)20-17(22)10-11-19-18-15-6-2-3-7-16(15)26(23,24)21-18/h2-7,12-13H,8-11H2,1H3,(H,19,21)(H,20,22)/t13-/m1/s1. The van der Waals surface area contributed by atoms with Crippen LogP contribution in [-0.4, -0.2) is 32.7 Å². The Kier molecular flexibility index (Phi) is 5.41. The number of hydrogen-bond donors (Lipinski definition) is 2. The summed E-state index contributed by atoms with van der Waals surface area (Å²) in [6, 6.07) is 10.4. The largest absolute Gasteiger partial charge is 0.469 e. The van der Waals surface area contributed by atoms with Crippen LogP contribution < -0.4 is 10.0 Å². The molecule has 1 aromatic heterocycles. The number of hydrogen-bond acceptors (Lipinski definition) is 5. The fraction of sp³-hybridized carbons (Fsp3) is 0.333. The third kappa shape index (κ3) is 4.32. The molecule has 0 saturated heterocycles. The van der Waals surface area contributed by atoms with Gasteiger partial charge >= 0.3 is 0 Å². The lowest BCUT2D eigenvalue weighted by atomic mass is 10.1. The van der Waals surface area contributed by atoms with E-state index in [1.54, 1.807) is 24.5 Å². The summed E-state index contributed by atoms with van der Waals surface area (Å²) in [4.78, 5) is 16.5. The van der Waals surface area contributed by atoms with E-state index in [9.17, 15) is 13.2 Å². The molecule has 0 fully saturated rings. The third-order valence-electron chi connectivity index (χ3n) is 4.08. The number of sulfonamides is 1. The lowest BCUT2D eigenvalue weighted by Crippen LogP contribution is -2.33. The first-order valence-corrected chi connectivity index (χ1v) is 9.92. The molecular formula is C18H21N3O4S. The monoisotopic (exact) mass is 375 g/mol. The van der Waals surface area contributed by atoms with E-state index in [2.05, 4.69) is 15.0 Å². The fourth-order valence-corrected chi connectivity index (χ4v) is 4.00. The zero-order valence-corrected chi connectivity index (χ0v) is 15.3. The topological polar surface area (TPSA) is 101 Å². The zero-order valence-electron chi connectivity index (χ0n) is 14.4. The van der Waals surface area contributed by atoms with Crippen LogP contribution in [0.5, 0.6) is 0 Å². The minimum absolute atomic E-state index is 0.0194. The number of rotatable bonds is 7. The summed E-state index contributed by atoms with van der Waals surface area (Å²) in [5, 5.41) is 2.91. The molecule has 7 nitrogen and oxygen atoms in total. The van der Waals surface area contributed by atoms with Crippen LogP contribution in [0.15, 0.2) is 57.0 Å². The van der Waals surface area contributed by atoms with E-state index in [0.717, 1.165) is 18.6 Å². The van der Waals surface area contributed by atoms with Crippen molar-refractivity contribution in [1.82, 2.24) is 10.0 Å². The molecule has 2 N–H and O–H groups in total. The van der Waals surface area contributed by atoms with Crippen LogP contribution in [0.4, 0.5) is 0 Å². The molecule has 0 radical (unpaired) electrons. The second-order valence-electron chi connectivity index (χ2n) is 6.17. The van der Waals surface area contributed by atoms with Gasteiger partial charge in [0.15, 0.2) is 0 Å². The summed E-state index contributed by atoms with van der Waals surface area (Å²) in [7, 11) is -3.54. The summed E-state index contributed by atoms with van der Waals surface area (Å²) in [5.74, 6) is 1.07. The Labute approximate surface area is 152 Å². The molecule has 8 heteroatoms. The predicted molar refractivity (Wildman–Crippen MR) is 97.4 cm³/mol. The highest BCUT2D eigenvalue weighted by Crippen LogP contribution is 2.22. The van der Waals surface area contributed by atoms with Crippen molar-refractivity contribution in [2.75, 3.05) is 6.54 Å². The highest BCUT2D eigenvalue weighted by molar-refractivity contribution is 7.90. The summed E-state index contributed by atoms with van der Waals surface area (Å²) >= 11 is 0. The molecule has 1 aliphatic rings. The highest BCUT2D eigenvalue weighted by Gasteiger charge is 2.29. The van der Waals surface area contributed by atoms with Crippen molar-refractivity contribution >= 4 is 21.8 Å². The maximum atomic E-state index is 12.0. The molecule has 0 saturated carbocycles. The quantitative estimate of drug-likeness (QED) is 0.771. The SMILES string of the molecule is C[C@H](CCc1ccco1)NC(=O)CCN=C1NS(=O)(=O)c2ccccc21. The Morgan fingerprint density at radius 1 is 1.27 bits per heavy atom. The summed E-state index contributed by atoms with van der Waals surface area (Å²) in [6.45, 7) is 2.15. The van der Waals surface area contributed by atoms with Gasteiger partial charge in [-0.1, -0.05) is 12.1 Å². The number of aryl methyl sites for hydroxylation is 1. The number of fused-ring (bicyclic) bond motifs is 1. The minimum atomic E-state index is -3.54. The predicted octanol–water partition coefficient (Wildman–Crippen LogP) is 1.85. The second kappa shape index (κ2) is 7.74. The number of amidine groups is 1. The number of benzene rings is 1. The van der Waals surface area contributed by atoms with Gasteiger partial charge in [0.1, 0.15) is 11.6 Å². The molecule has 2 aromatic rings. The lowest BCUT2D eigenvalue weighted by Gasteiger charge is -2.12. The van der Waals surface area contributed by atoms with Gasteiger partial charge in [-0.2, -0.15) is 0 Å². The van der Waals surface area contributed by atoms with E-state index in [4.69, 9.17) is 4.42 Å². The first-order chi connectivity index (χ1) is 12.5. The number of furan rings is 1. The van der Waals surface area contributed by atoms with Crippen LogP contribution in [-0.2, 0) is 21.2 Å². The molecule has 1 aliphatic heterocycles. The van der Waals surface area contributed by atoms with E-state index >= 15 is 0 Å². The molecule has 2 heterocycles. The number of nitrogens with zero attached hydrogens (tertiary/aromatic N) is 1. The molecule has 1 atom stereocenters. The molecule has 0 spiro atoms. The van der Waals surface area contributed by atoms with E-state index in [0.29, 0.717) is 11.4 Å². The zero-order chi connectivity index (χ0) is 18.6. The molecule has 1 amide bonds. The van der Waals surface area contributed by atoms with Gasteiger partial charge in [0.25, 0.3) is 10.0 Å². The average molecular weight is 375 g/mol. The van der Waals surface area contributed by atoms with Crippen LogP contribution in [0, 0.1) is 0 Å². The van der Waals surface area contributed by atoms with Crippen molar-refractivity contribution in [3.63, 3.8) is 0 Å². The number of amides is 1. The Morgan fingerprint density at radius 2 is 2.08 bits per heavy atom. The van der Waals surface area contributed by atoms with Crippen molar-refractivity contribution < 1.29 is 17.6 Å². The van der Waals surface area contributed by atoms with Gasteiger partial charge in [0, 0.05) is 24.4 Å². The van der Waals surface area contributed by atoms with Crippen molar-refractivity contribution in [3.05, 3.63) is 54.0 Å². The van der Waals surface area contributed by atoms with Crippen LogP contribution in [0.3, 0.4) is 0 Å². The maximum Gasteiger partial charge on any atom is 0.263 e. The summed E-state index contributed by atoms with van der Waals surface area (Å²) in [6.07, 6.45) is 3.36. The molecular weight excluding hydrogens is 354 g/mol. The fourth-order valence-electron chi connectivity index (χ4n) is 2.75. The number of aliphatic imine (C=N–C) groups is 1. The van der Waals surface area contributed by atoms with Crippen molar-refractivity contribution in [2.45, 2.75) is 37.1 Å². The van der Waals surface area contributed by atoms with Crippen molar-refractivity contribution in [1.29, 1.82) is 0 Å². The highest BCUT2D eigenvalue weighted by atomic mass is 32.2. The first-order valence-electron chi connectivity index (χ1n) is 8.44. The molecule has 0 unspecified atom stereocenters. The summed E-state index contributed by atoms with van der Waals surface area (Å²) < 4.78 is 31.7. The average Bonchev–Trinajstić information content (AvgIpc) is 3.20. The number of carbonyl (C=O) groups is 1. The minimum Gasteiger partial charge on any atom is -0.469 e. The van der Waals surface area contributed by atoms with E-state index in [-0.39, 0.29) is 29.8 Å². The number of carbonyl (C=O) groups excluding carboxylic acids is 1. The van der Waals surface area contributed by atoms with Crippen LogP contribution >= 0.6 is 0 Å². The lowest BCUT2D eigenvalue weighted by molar-refractivity contribution is -0.121. The molecule has 3 rings (SSSR count). The first kappa shape index (κ1) is 18.2. The van der Waals surface area contributed by atoms with Gasteiger partial charge in [-0.15, -0.1) is 0 Å². The van der Waals surface area contributed by atoms with Gasteiger partial charge in [0.2, 0.25) is 5.91 Å². The maximum absolute atomic E-state index is 12.0. The Hall–Kier alpha value is -2.61. The van der Waals surface area contributed by atoms with Crippen LogP contribution in [0.25, 0.3) is 0 Å². The van der Waals surface area contributed by atoms with E-state index in [1.165, 1.54) is 6.07 Å². The summed E-state index contributed by atoms with van der Waals surface area (Å²) in [5.41, 5.74) is 0.541. The second-order valence-corrected chi connectivity index (χ2v) is 7.82. The number of nitrogens with one attached hydrogen (secondary N) is 2. The van der Waals surface area contributed by atoms with Gasteiger partial charge in [-0.05, 0) is 37.6 Å². The van der Waals surface area contributed by atoms with Crippen molar-refractivity contribution in [3.8, 4) is 0 Å². The van der Waals surface area contributed by atoms with E-state index < -0.39 is 10.0 Å². The molecule has 26 heavy (non-hydrogen) atoms. The van der Waals surface area contributed by atoms with Crippen LogP contribution in [0.1, 0.15) is 31.1 Å². The van der Waals surface area contributed by atoms with Gasteiger partial charge in [-0.3, -0.25) is 14.5 Å². The van der Waals surface area contributed by atoms with Gasteiger partial charge in [-0.25, -0.2) is 8.42 Å². The molecule has 138 valence electrons. The third-order valence-corrected chi connectivity index (χ3v) is 5.48. The van der Waals surface area contributed by atoms with Crippen molar-refractivity contribution in [2.24, 2.45) is 4.99 Å². The Balaban J connectivity index is 1.48. The molecule has 0 aliphatic carbocycles. The Morgan fingerprint density at radius 3 is 2.85 bits per heavy atom. The smallest absolute Gasteiger partial charge is 0.263 e. The van der Waals surface area contributed by atoms with E-state index in [1.807, 2.05) is 19.1 Å². The molecule has 0 bridgehead atoms. The Bertz CT molecular complexity index is 904. The van der Waals surface area contributed by atoms with Gasteiger partial charge < -0.3 is 9.73 Å². The molecule has 1 aromatic carbocycles.